The molecule has 0 aliphatic carbocycles. The number of carbonyl (C=O) groups excluding carboxylic acids is 4. The van der Waals surface area contributed by atoms with E-state index in [0.717, 1.165) is 6.42 Å². The molecule has 6 rings (SSSR count). The number of fused-ring (bicyclic) bond motifs is 6. The lowest BCUT2D eigenvalue weighted by atomic mass is 9.77. The number of hydrogen-bond acceptors (Lipinski definition) is 10. The number of benzene rings is 3. The highest BCUT2D eigenvalue weighted by molar-refractivity contribution is 6.01. The molecule has 3 aromatic rings. The molecule has 0 radical (unpaired) electrons. The van der Waals surface area contributed by atoms with Gasteiger partial charge in [0.1, 0.15) is 29.6 Å². The molecule has 3 N–H and O–H groups in total. The van der Waals surface area contributed by atoms with Crippen molar-refractivity contribution in [3.05, 3.63) is 82.4 Å². The van der Waals surface area contributed by atoms with E-state index in [1.165, 1.54) is 37.3 Å². The van der Waals surface area contributed by atoms with Crippen molar-refractivity contribution in [2.75, 3.05) is 39.5 Å². The molecule has 1 spiro atoms. The Bertz CT molecular complexity index is 1630. The Kier molecular flexibility index (Phi) is 8.17. The predicted octanol–water partition coefficient (Wildman–Crippen LogP) is 3.01. The summed E-state index contributed by atoms with van der Waals surface area (Å²) in [6, 6.07) is 13.3. The Morgan fingerprint density at radius 2 is 1.60 bits per heavy atom. The molecular weight excluding hydrogens is 584 g/mol. The van der Waals surface area contributed by atoms with Crippen molar-refractivity contribution in [3.8, 4) is 23.0 Å². The monoisotopic (exact) mass is 616 g/mol. The number of phenolic OH excluding ortho intramolecular Hbond substituents is 2. The first-order valence-corrected chi connectivity index (χ1v) is 14.7. The van der Waals surface area contributed by atoms with Crippen molar-refractivity contribution >= 4 is 23.6 Å². The molecule has 12 heteroatoms. The lowest BCUT2D eigenvalue weighted by molar-refractivity contribution is -0.141. The number of ether oxygens (including phenoxy) is 4. The Morgan fingerprint density at radius 1 is 0.933 bits per heavy atom. The molecule has 1 atom stereocenters. The Balaban J connectivity index is 1.05. The average molecular weight is 617 g/mol. The van der Waals surface area contributed by atoms with Crippen LogP contribution >= 0.6 is 0 Å². The van der Waals surface area contributed by atoms with E-state index >= 15 is 0 Å². The van der Waals surface area contributed by atoms with Crippen LogP contribution in [0, 0.1) is 0 Å². The van der Waals surface area contributed by atoms with Gasteiger partial charge in [-0.15, -0.1) is 0 Å². The molecule has 45 heavy (non-hydrogen) atoms. The number of ketones is 1. The fraction of sp³-hybridized carbons (Fsp3) is 0.333. The summed E-state index contributed by atoms with van der Waals surface area (Å²) in [5.74, 6) is -0.841. The minimum atomic E-state index is -1.41. The van der Waals surface area contributed by atoms with Crippen LogP contribution < -0.4 is 10.1 Å². The number of carbonyl (C=O) groups is 4. The van der Waals surface area contributed by atoms with Crippen LogP contribution in [0.4, 0.5) is 0 Å². The number of nitrogens with zero attached hydrogens (tertiary/aromatic N) is 1. The molecule has 12 nitrogen and oxygen atoms in total. The van der Waals surface area contributed by atoms with Gasteiger partial charge in [-0.05, 0) is 56.2 Å². The van der Waals surface area contributed by atoms with Crippen LogP contribution in [-0.4, -0.2) is 84.2 Å². The van der Waals surface area contributed by atoms with Crippen molar-refractivity contribution in [2.45, 2.75) is 31.4 Å². The quantitative estimate of drug-likeness (QED) is 0.228. The van der Waals surface area contributed by atoms with Gasteiger partial charge in [0.15, 0.2) is 11.4 Å². The molecule has 0 saturated carbocycles. The number of phenols is 2. The minimum Gasteiger partial charge on any atom is -0.508 e. The molecule has 1 saturated heterocycles. The maximum absolute atomic E-state index is 13.3. The second kappa shape index (κ2) is 12.2. The van der Waals surface area contributed by atoms with Crippen molar-refractivity contribution in [2.24, 2.45) is 0 Å². The lowest BCUT2D eigenvalue weighted by Gasteiger charge is -2.36. The smallest absolute Gasteiger partial charge is 0.340 e. The third-order valence-corrected chi connectivity index (χ3v) is 8.21. The van der Waals surface area contributed by atoms with Gasteiger partial charge in [-0.25, -0.2) is 4.79 Å². The van der Waals surface area contributed by atoms with Gasteiger partial charge < -0.3 is 39.4 Å². The van der Waals surface area contributed by atoms with Gasteiger partial charge in [0.2, 0.25) is 5.91 Å². The van der Waals surface area contributed by atoms with Crippen LogP contribution in [0.1, 0.15) is 57.2 Å². The van der Waals surface area contributed by atoms with E-state index in [9.17, 15) is 29.4 Å². The number of aromatic hydroxyl groups is 2. The van der Waals surface area contributed by atoms with Crippen molar-refractivity contribution < 1.29 is 48.3 Å². The molecule has 1 fully saturated rings. The highest BCUT2D eigenvalue weighted by atomic mass is 16.6. The summed E-state index contributed by atoms with van der Waals surface area (Å²) >= 11 is 0. The van der Waals surface area contributed by atoms with Crippen LogP contribution in [0.25, 0.3) is 0 Å². The first kappa shape index (κ1) is 30.1. The van der Waals surface area contributed by atoms with Gasteiger partial charge in [0.05, 0.1) is 31.4 Å². The van der Waals surface area contributed by atoms with E-state index in [1.807, 2.05) is 0 Å². The SMILES string of the molecule is CC(=O)C1CCCN1C(=O)COCCOCCNC(=O)c1ccc2c(c1)C(=O)OC21c2ccc(O)cc2Oc2cc(O)ccc21. The molecule has 0 aromatic heterocycles. The molecule has 2 amide bonds. The number of esters is 1. The van der Waals surface area contributed by atoms with Crippen molar-refractivity contribution in [3.63, 3.8) is 0 Å². The first-order chi connectivity index (χ1) is 21.7. The zero-order valence-electron chi connectivity index (χ0n) is 24.5. The topological polar surface area (TPSA) is 161 Å². The fourth-order valence-electron chi connectivity index (χ4n) is 6.14. The average Bonchev–Trinajstić information content (AvgIpc) is 3.62. The van der Waals surface area contributed by atoms with E-state index in [-0.39, 0.29) is 84.8 Å². The Hall–Kier alpha value is -4.94. The van der Waals surface area contributed by atoms with E-state index in [4.69, 9.17) is 18.9 Å². The van der Waals surface area contributed by atoms with Gasteiger partial charge in [-0.3, -0.25) is 14.4 Å². The van der Waals surface area contributed by atoms with Crippen molar-refractivity contribution in [1.82, 2.24) is 10.2 Å². The molecular formula is C33H32N2O10. The van der Waals surface area contributed by atoms with Gasteiger partial charge in [-0.1, -0.05) is 6.07 Å². The zero-order chi connectivity index (χ0) is 31.7. The third kappa shape index (κ3) is 5.58. The summed E-state index contributed by atoms with van der Waals surface area (Å²) < 4.78 is 22.9. The number of likely N-dealkylation sites (tertiary alicyclic amines) is 1. The van der Waals surface area contributed by atoms with Crippen LogP contribution in [-0.2, 0) is 29.4 Å². The van der Waals surface area contributed by atoms with Gasteiger partial charge >= 0.3 is 5.97 Å². The standard InChI is InChI=1S/C33H32N2O10/c1-19(36)27-3-2-11-35(27)30(39)18-43-14-13-42-12-10-34-31(40)20-4-7-24-23(15-20)32(41)45-33(24)25-8-5-21(37)16-28(25)44-29-17-22(38)6-9-26(29)33/h4-9,15-17,27,37-38H,2-3,10-14,18H2,1H3,(H,34,40). The highest BCUT2D eigenvalue weighted by Crippen LogP contribution is 2.57. The van der Waals surface area contributed by atoms with Crippen molar-refractivity contribution in [1.29, 1.82) is 0 Å². The van der Waals surface area contributed by atoms with Crippen LogP contribution in [0.2, 0.25) is 0 Å². The molecule has 3 aliphatic heterocycles. The highest BCUT2D eigenvalue weighted by Gasteiger charge is 2.53. The zero-order valence-corrected chi connectivity index (χ0v) is 24.5. The third-order valence-electron chi connectivity index (χ3n) is 8.21. The van der Waals surface area contributed by atoms with E-state index in [2.05, 4.69) is 5.32 Å². The fourth-order valence-corrected chi connectivity index (χ4v) is 6.14. The number of Topliss-reactive ketones (excluding diaryl/α,β-unsaturated/α-hetero) is 1. The first-order valence-electron chi connectivity index (χ1n) is 14.7. The maximum atomic E-state index is 13.3. The molecule has 3 aliphatic rings. The number of hydrogen-bond donors (Lipinski definition) is 3. The lowest BCUT2D eigenvalue weighted by Crippen LogP contribution is -2.41. The normalized spacial score (nSPS) is 17.2. The molecule has 3 aromatic carbocycles. The maximum Gasteiger partial charge on any atom is 0.340 e. The van der Waals surface area contributed by atoms with Gasteiger partial charge in [0, 0.05) is 47.5 Å². The van der Waals surface area contributed by atoms with Gasteiger partial charge in [0.25, 0.3) is 5.91 Å². The van der Waals surface area contributed by atoms with Gasteiger partial charge in [-0.2, -0.15) is 0 Å². The largest absolute Gasteiger partial charge is 0.508 e. The predicted molar refractivity (Wildman–Crippen MR) is 157 cm³/mol. The summed E-state index contributed by atoms with van der Waals surface area (Å²) in [5.41, 5.74) is 0.521. The second-order valence-electron chi connectivity index (χ2n) is 11.1. The molecule has 0 bridgehead atoms. The summed E-state index contributed by atoms with van der Waals surface area (Å²) in [6.07, 6.45) is 1.49. The number of amides is 2. The molecule has 1 unspecified atom stereocenters. The van der Waals surface area contributed by atoms with Crippen LogP contribution in [0.15, 0.2) is 54.6 Å². The van der Waals surface area contributed by atoms with Crippen LogP contribution in [0.5, 0.6) is 23.0 Å². The molecule has 3 heterocycles. The summed E-state index contributed by atoms with van der Waals surface area (Å²) in [6.45, 7) is 2.72. The Labute approximate surface area is 258 Å². The second-order valence-corrected chi connectivity index (χ2v) is 11.1. The summed E-state index contributed by atoms with van der Waals surface area (Å²) in [5, 5.41) is 22.9. The number of nitrogens with one attached hydrogen (secondary N) is 1. The van der Waals surface area contributed by atoms with E-state index in [1.54, 1.807) is 29.2 Å². The summed E-state index contributed by atoms with van der Waals surface area (Å²) in [7, 11) is 0. The molecule has 234 valence electrons. The Morgan fingerprint density at radius 3 is 2.29 bits per heavy atom. The summed E-state index contributed by atoms with van der Waals surface area (Å²) in [4.78, 5) is 51.7. The van der Waals surface area contributed by atoms with E-state index < -0.39 is 17.5 Å². The van der Waals surface area contributed by atoms with E-state index in [0.29, 0.717) is 29.7 Å². The van der Waals surface area contributed by atoms with Crippen LogP contribution in [0.3, 0.4) is 0 Å². The number of rotatable bonds is 10. The minimum absolute atomic E-state index is 0.0189.